The number of aromatic nitrogens is 2. The Bertz CT molecular complexity index is 1540. The van der Waals surface area contributed by atoms with Crippen molar-refractivity contribution >= 4 is 40.0 Å². The first-order valence-corrected chi connectivity index (χ1v) is 15.1. The van der Waals surface area contributed by atoms with Crippen LogP contribution in [0.15, 0.2) is 64.6 Å². The molecule has 2 aromatic heterocycles. The zero-order chi connectivity index (χ0) is 28.3. The SMILES string of the molecule is CCC[C@H](NC(=O)c1ccccc1)C(=O)N1C[C@H]2CCC[C@@H](NC(=O)c3ccc4c(-c5nccs5)noc4c3)[C@H]2C1. The maximum atomic E-state index is 13.6. The van der Waals surface area contributed by atoms with Crippen molar-refractivity contribution in [3.05, 3.63) is 71.2 Å². The number of likely N-dealkylation sites (tertiary alicyclic amines) is 1. The molecule has 2 aromatic carbocycles. The lowest BCUT2D eigenvalue weighted by Crippen LogP contribution is -2.48. The van der Waals surface area contributed by atoms with Crippen LogP contribution in [0.3, 0.4) is 0 Å². The average molecular weight is 572 g/mol. The van der Waals surface area contributed by atoms with Gasteiger partial charge in [-0.3, -0.25) is 14.4 Å². The van der Waals surface area contributed by atoms with Crippen LogP contribution in [0.25, 0.3) is 21.7 Å². The molecule has 2 aliphatic rings. The molecule has 3 amide bonds. The number of hydrogen-bond acceptors (Lipinski definition) is 7. The molecule has 212 valence electrons. The fourth-order valence-electron chi connectivity index (χ4n) is 6.25. The van der Waals surface area contributed by atoms with Crippen LogP contribution in [0.5, 0.6) is 0 Å². The molecule has 2 fully saturated rings. The van der Waals surface area contributed by atoms with Crippen LogP contribution in [0.4, 0.5) is 0 Å². The van der Waals surface area contributed by atoms with Crippen molar-refractivity contribution < 1.29 is 18.9 Å². The fourth-order valence-corrected chi connectivity index (χ4v) is 6.88. The lowest BCUT2D eigenvalue weighted by Gasteiger charge is -2.33. The maximum Gasteiger partial charge on any atom is 0.251 e. The second-order valence-corrected chi connectivity index (χ2v) is 11.8. The topological polar surface area (TPSA) is 117 Å². The first kappa shape index (κ1) is 27.1. The van der Waals surface area contributed by atoms with E-state index in [2.05, 4.69) is 20.8 Å². The zero-order valence-electron chi connectivity index (χ0n) is 22.9. The van der Waals surface area contributed by atoms with E-state index in [-0.39, 0.29) is 29.7 Å². The monoisotopic (exact) mass is 571 g/mol. The minimum Gasteiger partial charge on any atom is -0.356 e. The molecule has 41 heavy (non-hydrogen) atoms. The Morgan fingerprint density at radius 1 is 1.07 bits per heavy atom. The van der Waals surface area contributed by atoms with Crippen molar-refractivity contribution in [3.8, 4) is 10.7 Å². The molecular formula is C31H33N5O4S. The van der Waals surface area contributed by atoms with E-state index in [0.717, 1.165) is 36.1 Å². The number of carbonyl (C=O) groups excluding carboxylic acids is 3. The second-order valence-electron chi connectivity index (χ2n) is 10.9. The Morgan fingerprint density at radius 3 is 2.71 bits per heavy atom. The highest BCUT2D eigenvalue weighted by atomic mass is 32.1. The summed E-state index contributed by atoms with van der Waals surface area (Å²) in [5.41, 5.74) is 2.27. The van der Waals surface area contributed by atoms with Gasteiger partial charge in [-0.05, 0) is 55.5 Å². The van der Waals surface area contributed by atoms with E-state index in [1.165, 1.54) is 11.3 Å². The Balaban J connectivity index is 1.12. The Morgan fingerprint density at radius 2 is 1.93 bits per heavy atom. The van der Waals surface area contributed by atoms with Gasteiger partial charge >= 0.3 is 0 Å². The molecule has 4 atom stereocenters. The van der Waals surface area contributed by atoms with Crippen molar-refractivity contribution in [2.45, 2.75) is 51.1 Å². The lowest BCUT2D eigenvalue weighted by molar-refractivity contribution is -0.132. The van der Waals surface area contributed by atoms with Crippen molar-refractivity contribution in [2.75, 3.05) is 13.1 Å². The molecule has 0 bridgehead atoms. The zero-order valence-corrected chi connectivity index (χ0v) is 23.7. The van der Waals surface area contributed by atoms with Gasteiger partial charge in [-0.2, -0.15) is 0 Å². The quantitative estimate of drug-likeness (QED) is 0.311. The van der Waals surface area contributed by atoms with Gasteiger partial charge in [0.2, 0.25) is 5.91 Å². The summed E-state index contributed by atoms with van der Waals surface area (Å²) in [6.45, 7) is 3.25. The number of nitrogens with zero attached hydrogens (tertiary/aromatic N) is 3. The van der Waals surface area contributed by atoms with Crippen LogP contribution in [-0.2, 0) is 4.79 Å². The standard InChI is InChI=1S/C31H33N5O4S/c1-2-7-25(34-28(37)19-8-4-3-5-9-19)31(39)36-17-21-10-6-11-24(23(21)18-36)33-29(38)20-12-13-22-26(16-20)40-35-27(22)30-32-14-15-41-30/h3-5,8-9,12-16,21,23-25H,2,6-7,10-11,17-18H2,1H3,(H,33,38)(H,34,37)/t21-,23+,24-,25+/m1/s1. The Labute approximate surface area is 242 Å². The van der Waals surface area contributed by atoms with Crippen molar-refractivity contribution in [3.63, 3.8) is 0 Å². The fraction of sp³-hybridized carbons (Fsp3) is 0.387. The summed E-state index contributed by atoms with van der Waals surface area (Å²) >= 11 is 1.48. The van der Waals surface area contributed by atoms with E-state index in [1.807, 2.05) is 41.5 Å². The maximum absolute atomic E-state index is 13.6. The number of amides is 3. The van der Waals surface area contributed by atoms with Crippen LogP contribution in [0, 0.1) is 11.8 Å². The first-order chi connectivity index (χ1) is 20.0. The van der Waals surface area contributed by atoms with Crippen LogP contribution in [-0.4, -0.2) is 57.9 Å². The van der Waals surface area contributed by atoms with E-state index in [1.54, 1.807) is 30.5 Å². The highest BCUT2D eigenvalue weighted by molar-refractivity contribution is 7.13. The molecule has 2 N–H and O–H groups in total. The third-order valence-corrected chi connectivity index (χ3v) is 9.09. The molecule has 6 rings (SSSR count). The van der Waals surface area contributed by atoms with E-state index in [4.69, 9.17) is 4.52 Å². The predicted molar refractivity (Wildman–Crippen MR) is 156 cm³/mol. The van der Waals surface area contributed by atoms with Gasteiger partial charge in [0.25, 0.3) is 11.8 Å². The molecule has 0 unspecified atom stereocenters. The first-order valence-electron chi connectivity index (χ1n) is 14.3. The summed E-state index contributed by atoms with van der Waals surface area (Å²) in [4.78, 5) is 46.0. The number of nitrogens with one attached hydrogen (secondary N) is 2. The van der Waals surface area contributed by atoms with Gasteiger partial charge in [0.1, 0.15) is 16.7 Å². The Kier molecular flexibility index (Phi) is 7.82. The smallest absolute Gasteiger partial charge is 0.251 e. The van der Waals surface area contributed by atoms with Gasteiger partial charge in [0.05, 0.1) is 5.39 Å². The molecule has 1 saturated heterocycles. The van der Waals surface area contributed by atoms with Gasteiger partial charge in [-0.15, -0.1) is 11.3 Å². The molecule has 1 saturated carbocycles. The number of thiazole rings is 1. The minimum absolute atomic E-state index is 0.0288. The van der Waals surface area contributed by atoms with Crippen molar-refractivity contribution in [1.82, 2.24) is 25.7 Å². The van der Waals surface area contributed by atoms with E-state index < -0.39 is 6.04 Å². The van der Waals surface area contributed by atoms with Crippen molar-refractivity contribution in [2.24, 2.45) is 11.8 Å². The van der Waals surface area contributed by atoms with E-state index >= 15 is 0 Å². The van der Waals surface area contributed by atoms with Gasteiger partial charge in [-0.25, -0.2) is 4.98 Å². The highest BCUT2D eigenvalue weighted by Gasteiger charge is 2.43. The molecule has 9 nitrogen and oxygen atoms in total. The number of hydrogen-bond donors (Lipinski definition) is 2. The molecule has 3 heterocycles. The summed E-state index contributed by atoms with van der Waals surface area (Å²) in [6.07, 6.45) is 5.98. The lowest BCUT2D eigenvalue weighted by atomic mass is 9.78. The summed E-state index contributed by atoms with van der Waals surface area (Å²) in [7, 11) is 0. The van der Waals surface area contributed by atoms with Crippen LogP contribution < -0.4 is 10.6 Å². The predicted octanol–water partition coefficient (Wildman–Crippen LogP) is 4.91. The molecule has 10 heteroatoms. The largest absolute Gasteiger partial charge is 0.356 e. The van der Waals surface area contributed by atoms with Gasteiger partial charge in [-0.1, -0.05) is 43.1 Å². The molecule has 1 aliphatic carbocycles. The van der Waals surface area contributed by atoms with Crippen LogP contribution in [0.1, 0.15) is 59.7 Å². The van der Waals surface area contributed by atoms with Crippen molar-refractivity contribution in [1.29, 1.82) is 0 Å². The Hall–Kier alpha value is -4.05. The normalized spacial score (nSPS) is 20.9. The molecule has 0 radical (unpaired) electrons. The van der Waals surface area contributed by atoms with Gasteiger partial charge in [0.15, 0.2) is 5.58 Å². The number of rotatable bonds is 8. The molecular weight excluding hydrogens is 538 g/mol. The van der Waals surface area contributed by atoms with Gasteiger partial charge < -0.3 is 20.1 Å². The number of carbonyl (C=O) groups is 3. The third kappa shape index (κ3) is 5.61. The van der Waals surface area contributed by atoms with E-state index in [9.17, 15) is 14.4 Å². The molecule has 0 spiro atoms. The van der Waals surface area contributed by atoms with E-state index in [0.29, 0.717) is 47.8 Å². The summed E-state index contributed by atoms with van der Waals surface area (Å²) in [6, 6.07) is 13.8. The minimum atomic E-state index is -0.566. The number of fused-ring (bicyclic) bond motifs is 2. The summed E-state index contributed by atoms with van der Waals surface area (Å²) in [5, 5.41) is 13.9. The van der Waals surface area contributed by atoms with Gasteiger partial charge in [0, 0.05) is 47.8 Å². The number of benzene rings is 2. The summed E-state index contributed by atoms with van der Waals surface area (Å²) < 4.78 is 5.52. The summed E-state index contributed by atoms with van der Waals surface area (Å²) in [5.74, 6) is 0.0644. The molecule has 1 aliphatic heterocycles. The second kappa shape index (κ2) is 11.8. The van der Waals surface area contributed by atoms with Crippen LogP contribution in [0.2, 0.25) is 0 Å². The highest BCUT2D eigenvalue weighted by Crippen LogP contribution is 2.37. The third-order valence-electron chi connectivity index (χ3n) is 8.31. The average Bonchev–Trinajstić information content (AvgIpc) is 3.76. The molecule has 4 aromatic rings. The van der Waals surface area contributed by atoms with Crippen LogP contribution >= 0.6 is 11.3 Å².